The smallest absolute Gasteiger partial charge is 0.239 e. The molecule has 0 aliphatic rings. The fraction of sp³-hybridized carbons (Fsp3) is 0.533. The van der Waals surface area contributed by atoms with Crippen molar-refractivity contribution in [2.75, 3.05) is 18.9 Å². The fourth-order valence-electron chi connectivity index (χ4n) is 1.76. The van der Waals surface area contributed by atoms with Crippen LogP contribution in [-0.4, -0.2) is 47.4 Å². The van der Waals surface area contributed by atoms with Crippen LogP contribution >= 0.6 is 0 Å². The summed E-state index contributed by atoms with van der Waals surface area (Å²) in [6.07, 6.45) is 1.65. The monoisotopic (exact) mass is 292 g/mol. The number of nitrogens with one attached hydrogen (secondary N) is 2. The van der Waals surface area contributed by atoms with Gasteiger partial charge in [0.15, 0.2) is 0 Å². The average molecular weight is 292 g/mol. The first kappa shape index (κ1) is 17.1. The Balaban J connectivity index is 2.52. The van der Waals surface area contributed by atoms with Crippen LogP contribution in [-0.2, 0) is 9.59 Å². The molecule has 1 aromatic heterocycles. The van der Waals surface area contributed by atoms with Crippen LogP contribution in [0.2, 0.25) is 0 Å². The molecule has 1 rings (SSSR count). The summed E-state index contributed by atoms with van der Waals surface area (Å²) in [5.74, 6) is 0.237. The second-order valence-electron chi connectivity index (χ2n) is 5.52. The van der Waals surface area contributed by atoms with Gasteiger partial charge in [0.2, 0.25) is 11.8 Å². The average Bonchev–Trinajstić information content (AvgIpc) is 2.36. The number of carbonyl (C=O) groups excluding carboxylic acids is 2. The van der Waals surface area contributed by atoms with E-state index in [4.69, 9.17) is 0 Å². The minimum atomic E-state index is -0.372. The molecule has 0 fully saturated rings. The second-order valence-corrected chi connectivity index (χ2v) is 5.52. The molecule has 2 amide bonds. The number of carbonyl (C=O) groups is 2. The molecule has 0 aliphatic heterocycles. The van der Waals surface area contributed by atoms with Gasteiger partial charge in [0.05, 0.1) is 12.6 Å². The van der Waals surface area contributed by atoms with E-state index in [0.29, 0.717) is 5.82 Å². The first-order valence-electron chi connectivity index (χ1n) is 7.02. The first-order chi connectivity index (χ1) is 9.79. The maximum absolute atomic E-state index is 12.0. The molecule has 1 aromatic rings. The SMILES string of the molecule is Cc1ccnc(NC(=O)CN(C)[C@@H](C)C(=O)NC(C)C)c1. The van der Waals surface area contributed by atoms with Crippen molar-refractivity contribution in [2.45, 2.75) is 39.8 Å². The quantitative estimate of drug-likeness (QED) is 0.825. The van der Waals surface area contributed by atoms with E-state index in [1.165, 1.54) is 0 Å². The maximum atomic E-state index is 12.0. The lowest BCUT2D eigenvalue weighted by molar-refractivity contribution is -0.127. The van der Waals surface area contributed by atoms with Gasteiger partial charge >= 0.3 is 0 Å². The Bertz CT molecular complexity index is 502. The molecule has 0 aliphatic carbocycles. The lowest BCUT2D eigenvalue weighted by atomic mass is 10.2. The number of aryl methyl sites for hydroxylation is 1. The van der Waals surface area contributed by atoms with Crippen molar-refractivity contribution in [3.63, 3.8) is 0 Å². The Morgan fingerprint density at radius 1 is 1.33 bits per heavy atom. The number of anilines is 1. The number of nitrogens with zero attached hydrogens (tertiary/aromatic N) is 2. The van der Waals surface area contributed by atoms with Crippen LogP contribution in [0.1, 0.15) is 26.3 Å². The highest BCUT2D eigenvalue weighted by Crippen LogP contribution is 2.05. The summed E-state index contributed by atoms with van der Waals surface area (Å²) in [6.45, 7) is 7.64. The summed E-state index contributed by atoms with van der Waals surface area (Å²) in [4.78, 5) is 29.6. The minimum absolute atomic E-state index is 0.0821. The second kappa shape index (κ2) is 7.73. The van der Waals surface area contributed by atoms with E-state index >= 15 is 0 Å². The van der Waals surface area contributed by atoms with Gasteiger partial charge in [-0.2, -0.15) is 0 Å². The molecular weight excluding hydrogens is 268 g/mol. The highest BCUT2D eigenvalue weighted by molar-refractivity contribution is 5.92. The van der Waals surface area contributed by atoms with Gasteiger partial charge in [-0.05, 0) is 52.4 Å². The molecule has 0 bridgehead atoms. The number of likely N-dealkylation sites (N-methyl/N-ethyl adjacent to an activating group) is 1. The van der Waals surface area contributed by atoms with Crippen LogP contribution < -0.4 is 10.6 Å². The molecule has 2 N–H and O–H groups in total. The lowest BCUT2D eigenvalue weighted by Gasteiger charge is -2.24. The summed E-state index contributed by atoms with van der Waals surface area (Å²) in [7, 11) is 1.74. The number of pyridine rings is 1. The molecule has 1 heterocycles. The topological polar surface area (TPSA) is 74.3 Å². The Hall–Kier alpha value is -1.95. The molecular formula is C15H24N4O2. The van der Waals surface area contributed by atoms with Crippen molar-refractivity contribution in [3.05, 3.63) is 23.9 Å². The fourth-order valence-corrected chi connectivity index (χ4v) is 1.76. The predicted octanol–water partition coefficient (Wildman–Crippen LogP) is 1.17. The van der Waals surface area contributed by atoms with Gasteiger partial charge < -0.3 is 10.6 Å². The van der Waals surface area contributed by atoms with Crippen molar-refractivity contribution in [3.8, 4) is 0 Å². The van der Waals surface area contributed by atoms with E-state index in [0.717, 1.165) is 5.56 Å². The minimum Gasteiger partial charge on any atom is -0.353 e. The van der Waals surface area contributed by atoms with Gasteiger partial charge in [-0.15, -0.1) is 0 Å². The van der Waals surface area contributed by atoms with E-state index in [1.54, 1.807) is 31.1 Å². The molecule has 116 valence electrons. The zero-order chi connectivity index (χ0) is 16.0. The Labute approximate surface area is 125 Å². The molecule has 0 aromatic carbocycles. The van der Waals surface area contributed by atoms with Crippen molar-refractivity contribution >= 4 is 17.6 Å². The first-order valence-corrected chi connectivity index (χ1v) is 7.02. The molecule has 21 heavy (non-hydrogen) atoms. The highest BCUT2D eigenvalue weighted by Gasteiger charge is 2.20. The Morgan fingerprint density at radius 3 is 2.57 bits per heavy atom. The van der Waals surface area contributed by atoms with Crippen LogP contribution in [0.25, 0.3) is 0 Å². The molecule has 0 spiro atoms. The van der Waals surface area contributed by atoms with Crippen molar-refractivity contribution < 1.29 is 9.59 Å². The summed E-state index contributed by atoms with van der Waals surface area (Å²) in [6, 6.07) is 3.37. The van der Waals surface area contributed by atoms with E-state index in [9.17, 15) is 9.59 Å². The standard InChI is InChI=1S/C15H24N4O2/c1-10(2)17-15(21)12(4)19(5)9-14(20)18-13-8-11(3)6-7-16-13/h6-8,10,12H,9H2,1-5H3,(H,17,21)(H,16,18,20)/t12-/m0/s1. The Morgan fingerprint density at radius 2 is 2.00 bits per heavy atom. The van der Waals surface area contributed by atoms with E-state index in [-0.39, 0.29) is 30.4 Å². The number of rotatable bonds is 6. The third-order valence-corrected chi connectivity index (χ3v) is 3.05. The van der Waals surface area contributed by atoms with Gasteiger partial charge in [0.1, 0.15) is 5.82 Å². The van der Waals surface area contributed by atoms with Crippen LogP contribution in [0.5, 0.6) is 0 Å². The number of aromatic nitrogens is 1. The van der Waals surface area contributed by atoms with Crippen molar-refractivity contribution in [1.82, 2.24) is 15.2 Å². The molecule has 6 heteroatoms. The predicted molar refractivity (Wildman–Crippen MR) is 83.0 cm³/mol. The van der Waals surface area contributed by atoms with Crippen LogP contribution in [0.4, 0.5) is 5.82 Å². The molecule has 0 saturated heterocycles. The van der Waals surface area contributed by atoms with Gasteiger partial charge in [-0.25, -0.2) is 4.98 Å². The van der Waals surface area contributed by atoms with Crippen LogP contribution in [0.3, 0.4) is 0 Å². The highest BCUT2D eigenvalue weighted by atomic mass is 16.2. The number of hydrogen-bond acceptors (Lipinski definition) is 4. The van der Waals surface area contributed by atoms with Gasteiger partial charge in [0, 0.05) is 12.2 Å². The Kier molecular flexibility index (Phi) is 6.30. The van der Waals surface area contributed by atoms with E-state index in [1.807, 2.05) is 26.8 Å². The van der Waals surface area contributed by atoms with Crippen LogP contribution in [0.15, 0.2) is 18.3 Å². The summed E-state index contributed by atoms with van der Waals surface area (Å²) < 4.78 is 0. The molecule has 0 unspecified atom stereocenters. The summed E-state index contributed by atoms with van der Waals surface area (Å²) in [5, 5.41) is 5.55. The number of amides is 2. The zero-order valence-corrected chi connectivity index (χ0v) is 13.3. The summed E-state index contributed by atoms with van der Waals surface area (Å²) in [5.41, 5.74) is 1.03. The van der Waals surface area contributed by atoms with Gasteiger partial charge in [0.25, 0.3) is 0 Å². The van der Waals surface area contributed by atoms with Gasteiger partial charge in [-0.1, -0.05) is 0 Å². The maximum Gasteiger partial charge on any atom is 0.239 e. The van der Waals surface area contributed by atoms with Crippen molar-refractivity contribution in [1.29, 1.82) is 0 Å². The van der Waals surface area contributed by atoms with E-state index < -0.39 is 0 Å². The third-order valence-electron chi connectivity index (χ3n) is 3.05. The molecule has 0 radical (unpaired) electrons. The number of hydrogen-bond donors (Lipinski definition) is 2. The molecule has 6 nitrogen and oxygen atoms in total. The van der Waals surface area contributed by atoms with E-state index in [2.05, 4.69) is 15.6 Å². The van der Waals surface area contributed by atoms with Gasteiger partial charge in [-0.3, -0.25) is 14.5 Å². The van der Waals surface area contributed by atoms with Crippen LogP contribution in [0, 0.1) is 6.92 Å². The molecule has 0 saturated carbocycles. The third kappa shape index (κ3) is 5.91. The lowest BCUT2D eigenvalue weighted by Crippen LogP contribution is -2.47. The normalized spacial score (nSPS) is 12.3. The van der Waals surface area contributed by atoms with Crippen molar-refractivity contribution in [2.24, 2.45) is 0 Å². The zero-order valence-electron chi connectivity index (χ0n) is 13.3. The molecule has 1 atom stereocenters. The largest absolute Gasteiger partial charge is 0.353 e. The summed E-state index contributed by atoms with van der Waals surface area (Å²) >= 11 is 0.